The van der Waals surface area contributed by atoms with Crippen LogP contribution in [0.4, 0.5) is 6.01 Å². The molecular formula is C23H22N4O4S. The molecule has 1 aromatic heterocycles. The fourth-order valence-corrected chi connectivity index (χ4v) is 5.25. The summed E-state index contributed by atoms with van der Waals surface area (Å²) in [4.78, 5) is 2.22. The first-order valence-corrected chi connectivity index (χ1v) is 11.7. The van der Waals surface area contributed by atoms with E-state index in [-0.39, 0.29) is 0 Å². The number of nitrogens with zero attached hydrogens (tertiary/aromatic N) is 4. The molecule has 9 heteroatoms. The summed E-state index contributed by atoms with van der Waals surface area (Å²) in [5.74, 6) is 1.16. The number of fused-ring (bicyclic) bond motifs is 1. The highest BCUT2D eigenvalue weighted by Gasteiger charge is 2.30. The van der Waals surface area contributed by atoms with Gasteiger partial charge in [-0.3, -0.25) is 0 Å². The molecule has 3 aromatic carbocycles. The molecule has 0 radical (unpaired) electrons. The lowest BCUT2D eigenvalue weighted by Gasteiger charge is -2.32. The third-order valence-corrected chi connectivity index (χ3v) is 7.51. The molecule has 164 valence electrons. The van der Waals surface area contributed by atoms with Crippen LogP contribution in [0.25, 0.3) is 22.2 Å². The van der Waals surface area contributed by atoms with Crippen molar-refractivity contribution in [3.63, 3.8) is 0 Å². The summed E-state index contributed by atoms with van der Waals surface area (Å²) in [5, 5.41) is 10.2. The second-order valence-corrected chi connectivity index (χ2v) is 9.46. The number of sulfonamides is 1. The van der Waals surface area contributed by atoms with Gasteiger partial charge in [0.05, 0.1) is 12.0 Å². The van der Waals surface area contributed by atoms with Crippen molar-refractivity contribution >= 4 is 26.8 Å². The Morgan fingerprint density at radius 2 is 1.59 bits per heavy atom. The van der Waals surface area contributed by atoms with Crippen LogP contribution in [0.15, 0.2) is 76.0 Å². The first-order valence-electron chi connectivity index (χ1n) is 10.3. The third-order valence-electron chi connectivity index (χ3n) is 5.62. The minimum Gasteiger partial charge on any atom is -0.497 e. The summed E-state index contributed by atoms with van der Waals surface area (Å²) in [6.07, 6.45) is 0. The number of hydrogen-bond donors (Lipinski definition) is 0. The first kappa shape index (κ1) is 20.5. The summed E-state index contributed by atoms with van der Waals surface area (Å²) >= 11 is 0. The van der Waals surface area contributed by atoms with Gasteiger partial charge in [0.15, 0.2) is 0 Å². The van der Waals surface area contributed by atoms with Crippen LogP contribution >= 0.6 is 0 Å². The second-order valence-electron chi connectivity index (χ2n) is 7.52. The predicted molar refractivity (Wildman–Crippen MR) is 121 cm³/mol. The molecule has 2 heterocycles. The van der Waals surface area contributed by atoms with Crippen molar-refractivity contribution in [2.45, 2.75) is 4.90 Å². The number of aromatic nitrogens is 2. The van der Waals surface area contributed by atoms with E-state index in [2.05, 4.69) is 10.2 Å². The molecule has 32 heavy (non-hydrogen) atoms. The number of piperazine rings is 1. The highest BCUT2D eigenvalue weighted by Crippen LogP contribution is 2.26. The van der Waals surface area contributed by atoms with E-state index in [9.17, 15) is 8.42 Å². The predicted octanol–water partition coefficient (Wildman–Crippen LogP) is 3.41. The number of ether oxygens (including phenoxy) is 1. The molecule has 1 aliphatic rings. The van der Waals surface area contributed by atoms with Crippen molar-refractivity contribution in [2.75, 3.05) is 38.2 Å². The molecule has 0 saturated carbocycles. The van der Waals surface area contributed by atoms with Crippen LogP contribution in [-0.4, -0.2) is 56.2 Å². The zero-order chi connectivity index (χ0) is 22.1. The molecule has 0 spiro atoms. The smallest absolute Gasteiger partial charge is 0.318 e. The number of rotatable bonds is 5. The van der Waals surface area contributed by atoms with Crippen LogP contribution in [0.2, 0.25) is 0 Å². The van der Waals surface area contributed by atoms with Gasteiger partial charge >= 0.3 is 6.01 Å². The Hall–Kier alpha value is -3.43. The van der Waals surface area contributed by atoms with E-state index >= 15 is 0 Å². The molecule has 0 unspecified atom stereocenters. The molecule has 1 fully saturated rings. The Balaban J connectivity index is 1.28. The van der Waals surface area contributed by atoms with Crippen molar-refractivity contribution < 1.29 is 17.6 Å². The van der Waals surface area contributed by atoms with Crippen LogP contribution in [0.1, 0.15) is 0 Å². The van der Waals surface area contributed by atoms with Crippen molar-refractivity contribution in [1.82, 2.24) is 14.5 Å². The minimum atomic E-state index is -3.58. The van der Waals surface area contributed by atoms with E-state index in [0.29, 0.717) is 43.0 Å². The highest BCUT2D eigenvalue weighted by atomic mass is 32.2. The minimum absolute atomic E-state index is 0.309. The molecule has 0 aliphatic carbocycles. The lowest BCUT2D eigenvalue weighted by Crippen LogP contribution is -2.48. The van der Waals surface area contributed by atoms with Crippen LogP contribution in [0.5, 0.6) is 5.75 Å². The average molecular weight is 451 g/mol. The average Bonchev–Trinajstić information content (AvgIpc) is 3.34. The SMILES string of the molecule is COc1ccc(-c2nnc(N3CCN(S(=O)(=O)c4ccc5ccccc5c4)CC3)o2)cc1. The normalized spacial score (nSPS) is 15.2. The van der Waals surface area contributed by atoms with Crippen molar-refractivity contribution in [1.29, 1.82) is 0 Å². The van der Waals surface area contributed by atoms with Gasteiger partial charge in [-0.15, -0.1) is 5.10 Å². The monoisotopic (exact) mass is 450 g/mol. The van der Waals surface area contributed by atoms with Gasteiger partial charge in [0.2, 0.25) is 15.9 Å². The zero-order valence-corrected chi connectivity index (χ0v) is 18.3. The van der Waals surface area contributed by atoms with Gasteiger partial charge in [-0.2, -0.15) is 4.31 Å². The standard InChI is InChI=1S/C23H22N4O4S/c1-30-20-9-6-18(7-10-20)22-24-25-23(31-22)26-12-14-27(15-13-26)32(28,29)21-11-8-17-4-2-3-5-19(17)16-21/h2-11,16H,12-15H2,1H3. The summed E-state index contributed by atoms with van der Waals surface area (Å²) in [6, 6.07) is 20.7. The van der Waals surface area contributed by atoms with E-state index in [1.165, 1.54) is 4.31 Å². The van der Waals surface area contributed by atoms with Crippen LogP contribution in [-0.2, 0) is 10.0 Å². The molecule has 5 rings (SSSR count). The molecule has 1 aliphatic heterocycles. The molecule has 0 bridgehead atoms. The summed E-state index contributed by atoms with van der Waals surface area (Å²) < 4.78 is 38.8. The quantitative estimate of drug-likeness (QED) is 0.460. The van der Waals surface area contributed by atoms with Gasteiger partial charge in [-0.05, 0) is 47.2 Å². The lowest BCUT2D eigenvalue weighted by atomic mass is 10.1. The fraction of sp³-hybridized carbons (Fsp3) is 0.217. The molecule has 8 nitrogen and oxygen atoms in total. The first-order chi connectivity index (χ1) is 15.5. The third kappa shape index (κ3) is 3.80. The number of hydrogen-bond acceptors (Lipinski definition) is 7. The second kappa shape index (κ2) is 8.25. The maximum Gasteiger partial charge on any atom is 0.318 e. The maximum atomic E-state index is 13.2. The van der Waals surface area contributed by atoms with E-state index in [4.69, 9.17) is 9.15 Å². The Morgan fingerprint density at radius 3 is 2.31 bits per heavy atom. The summed E-state index contributed by atoms with van der Waals surface area (Å²) in [6.45, 7) is 1.62. The van der Waals surface area contributed by atoms with E-state index in [0.717, 1.165) is 22.1 Å². The van der Waals surface area contributed by atoms with E-state index in [1.807, 2.05) is 59.5 Å². The zero-order valence-electron chi connectivity index (χ0n) is 17.5. The van der Waals surface area contributed by atoms with Gasteiger partial charge in [0, 0.05) is 31.7 Å². The lowest BCUT2D eigenvalue weighted by molar-refractivity contribution is 0.372. The fourth-order valence-electron chi connectivity index (χ4n) is 3.79. The molecule has 1 saturated heterocycles. The van der Waals surface area contributed by atoms with Gasteiger partial charge < -0.3 is 14.1 Å². The molecule has 0 N–H and O–H groups in total. The van der Waals surface area contributed by atoms with Gasteiger partial charge in [0.1, 0.15) is 5.75 Å². The van der Waals surface area contributed by atoms with Crippen molar-refractivity contribution in [3.05, 3.63) is 66.7 Å². The largest absolute Gasteiger partial charge is 0.497 e. The van der Waals surface area contributed by atoms with Crippen molar-refractivity contribution in [2.24, 2.45) is 0 Å². The molecule has 4 aromatic rings. The summed E-state index contributed by atoms with van der Waals surface area (Å²) in [5.41, 5.74) is 0.794. The molecule has 0 atom stereocenters. The van der Waals surface area contributed by atoms with E-state index < -0.39 is 10.0 Å². The Labute approximate surface area is 186 Å². The van der Waals surface area contributed by atoms with Crippen LogP contribution < -0.4 is 9.64 Å². The highest BCUT2D eigenvalue weighted by molar-refractivity contribution is 7.89. The van der Waals surface area contributed by atoms with Gasteiger partial charge in [-0.1, -0.05) is 35.4 Å². The Kier molecular flexibility index (Phi) is 5.28. The van der Waals surface area contributed by atoms with Crippen LogP contribution in [0, 0.1) is 0 Å². The van der Waals surface area contributed by atoms with Gasteiger partial charge in [-0.25, -0.2) is 8.42 Å². The topological polar surface area (TPSA) is 88.8 Å². The Bertz CT molecular complexity index is 1340. The van der Waals surface area contributed by atoms with E-state index in [1.54, 1.807) is 19.2 Å². The number of benzene rings is 3. The number of methoxy groups -OCH3 is 1. The Morgan fingerprint density at radius 1 is 0.875 bits per heavy atom. The van der Waals surface area contributed by atoms with Crippen molar-refractivity contribution in [3.8, 4) is 17.2 Å². The number of anilines is 1. The maximum absolute atomic E-state index is 13.2. The molecule has 0 amide bonds. The van der Waals surface area contributed by atoms with Crippen LogP contribution in [0.3, 0.4) is 0 Å². The molecular weight excluding hydrogens is 428 g/mol. The van der Waals surface area contributed by atoms with Gasteiger partial charge in [0.25, 0.3) is 0 Å². The summed E-state index contributed by atoms with van der Waals surface area (Å²) in [7, 11) is -1.96.